The summed E-state index contributed by atoms with van der Waals surface area (Å²) in [4.78, 5) is 4.26. The van der Waals surface area contributed by atoms with E-state index >= 15 is 0 Å². The zero-order chi connectivity index (χ0) is 10.9. The van der Waals surface area contributed by atoms with Crippen LogP contribution in [0, 0.1) is 0 Å². The lowest BCUT2D eigenvalue weighted by Crippen LogP contribution is -2.30. The Balaban J connectivity index is 2.15. The lowest BCUT2D eigenvalue weighted by molar-refractivity contribution is 0.365. The van der Waals surface area contributed by atoms with Crippen molar-refractivity contribution in [2.24, 2.45) is 5.73 Å². The fourth-order valence-electron chi connectivity index (χ4n) is 1.16. The molecule has 0 aliphatic carbocycles. The van der Waals surface area contributed by atoms with Crippen LogP contribution in [-0.2, 0) is 12.0 Å². The summed E-state index contributed by atoms with van der Waals surface area (Å²) in [6.07, 6.45) is 0.673. The van der Waals surface area contributed by atoms with E-state index in [0.29, 0.717) is 18.1 Å². The molecule has 5 heteroatoms. The molecule has 2 N–H and O–H groups in total. The Morgan fingerprint density at radius 1 is 1.53 bits per heavy atom. The van der Waals surface area contributed by atoms with E-state index in [9.17, 15) is 0 Å². The molecule has 0 aliphatic heterocycles. The Bertz CT molecular complexity index is 428. The van der Waals surface area contributed by atoms with Crippen LogP contribution >= 0.6 is 11.3 Å². The number of thiophene rings is 1. The topological polar surface area (TPSA) is 64.9 Å². The first-order chi connectivity index (χ1) is 7.05. The van der Waals surface area contributed by atoms with Gasteiger partial charge in [0.1, 0.15) is 0 Å². The molecule has 0 saturated heterocycles. The third-order valence-electron chi connectivity index (χ3n) is 1.98. The van der Waals surface area contributed by atoms with Crippen molar-refractivity contribution in [3.05, 3.63) is 34.1 Å². The van der Waals surface area contributed by atoms with Crippen LogP contribution in [0.4, 0.5) is 0 Å². The first-order valence-corrected chi connectivity index (χ1v) is 5.63. The van der Waals surface area contributed by atoms with E-state index < -0.39 is 5.54 Å². The highest BCUT2D eigenvalue weighted by atomic mass is 32.1. The Kier molecular flexibility index (Phi) is 2.58. The highest BCUT2D eigenvalue weighted by Crippen LogP contribution is 2.15. The Labute approximate surface area is 92.1 Å². The molecule has 0 radical (unpaired) electrons. The Morgan fingerprint density at radius 2 is 2.33 bits per heavy atom. The van der Waals surface area contributed by atoms with Crippen LogP contribution in [0.15, 0.2) is 21.3 Å². The van der Waals surface area contributed by atoms with Gasteiger partial charge in [0.25, 0.3) is 0 Å². The van der Waals surface area contributed by atoms with Crippen molar-refractivity contribution in [3.63, 3.8) is 0 Å². The van der Waals surface area contributed by atoms with E-state index in [2.05, 4.69) is 15.5 Å². The molecule has 0 amide bonds. The standard InChI is InChI=1S/C10H13N3OS/c1-10(2,11)9-12-8(14-13-9)5-7-3-4-15-6-7/h3-4,6H,5,11H2,1-2H3. The van der Waals surface area contributed by atoms with Crippen molar-refractivity contribution in [3.8, 4) is 0 Å². The second-order valence-corrected chi connectivity index (χ2v) is 4.82. The van der Waals surface area contributed by atoms with Crippen molar-refractivity contribution in [2.75, 3.05) is 0 Å². The summed E-state index contributed by atoms with van der Waals surface area (Å²) in [5.74, 6) is 1.16. The molecular weight excluding hydrogens is 210 g/mol. The third kappa shape index (κ3) is 2.43. The molecule has 0 aliphatic rings. The van der Waals surface area contributed by atoms with E-state index in [4.69, 9.17) is 10.3 Å². The van der Waals surface area contributed by atoms with Gasteiger partial charge in [0.05, 0.1) is 12.0 Å². The van der Waals surface area contributed by atoms with Crippen molar-refractivity contribution in [1.82, 2.24) is 10.1 Å². The van der Waals surface area contributed by atoms with Gasteiger partial charge in [-0.05, 0) is 36.2 Å². The maximum Gasteiger partial charge on any atom is 0.231 e. The normalized spacial score (nSPS) is 11.9. The van der Waals surface area contributed by atoms with Gasteiger partial charge in [0, 0.05) is 0 Å². The lowest BCUT2D eigenvalue weighted by Gasteiger charge is -2.11. The average molecular weight is 223 g/mol. The SMILES string of the molecule is CC(C)(N)c1noc(Cc2ccsc2)n1. The average Bonchev–Trinajstić information content (AvgIpc) is 2.73. The monoisotopic (exact) mass is 223 g/mol. The maximum atomic E-state index is 5.86. The quantitative estimate of drug-likeness (QED) is 0.863. The minimum absolute atomic E-state index is 0.545. The van der Waals surface area contributed by atoms with Crippen molar-refractivity contribution in [2.45, 2.75) is 25.8 Å². The predicted molar refractivity (Wildman–Crippen MR) is 58.6 cm³/mol. The number of hydrogen-bond acceptors (Lipinski definition) is 5. The number of rotatable bonds is 3. The molecule has 2 aromatic heterocycles. The fourth-order valence-corrected chi connectivity index (χ4v) is 1.82. The summed E-state index contributed by atoms with van der Waals surface area (Å²) >= 11 is 1.66. The van der Waals surface area contributed by atoms with Crippen LogP contribution in [0.1, 0.15) is 31.1 Å². The van der Waals surface area contributed by atoms with Gasteiger partial charge in [0.15, 0.2) is 5.82 Å². The van der Waals surface area contributed by atoms with Crippen molar-refractivity contribution < 1.29 is 4.52 Å². The van der Waals surface area contributed by atoms with Gasteiger partial charge >= 0.3 is 0 Å². The minimum Gasteiger partial charge on any atom is -0.339 e. The molecule has 80 valence electrons. The zero-order valence-corrected chi connectivity index (χ0v) is 9.54. The summed E-state index contributed by atoms with van der Waals surface area (Å²) in [6.45, 7) is 3.71. The van der Waals surface area contributed by atoms with E-state index in [-0.39, 0.29) is 0 Å². The number of nitrogens with two attached hydrogens (primary N) is 1. The Hall–Kier alpha value is -1.20. The molecule has 0 atom stereocenters. The van der Waals surface area contributed by atoms with Crippen molar-refractivity contribution in [1.29, 1.82) is 0 Å². The molecule has 0 fully saturated rings. The second-order valence-electron chi connectivity index (χ2n) is 4.04. The fraction of sp³-hybridized carbons (Fsp3) is 0.400. The molecule has 4 nitrogen and oxygen atoms in total. The second kappa shape index (κ2) is 3.75. The van der Waals surface area contributed by atoms with Gasteiger partial charge in [-0.2, -0.15) is 16.3 Å². The smallest absolute Gasteiger partial charge is 0.231 e. The first kappa shape index (κ1) is 10.3. The molecule has 15 heavy (non-hydrogen) atoms. The lowest BCUT2D eigenvalue weighted by atomic mass is 10.1. The highest BCUT2D eigenvalue weighted by Gasteiger charge is 2.21. The van der Waals surface area contributed by atoms with Crippen LogP contribution in [0.3, 0.4) is 0 Å². The molecular formula is C10H13N3OS. The van der Waals surface area contributed by atoms with Crippen LogP contribution in [0.2, 0.25) is 0 Å². The van der Waals surface area contributed by atoms with E-state index in [1.54, 1.807) is 11.3 Å². The molecule has 0 unspecified atom stereocenters. The molecule has 2 heterocycles. The highest BCUT2D eigenvalue weighted by molar-refractivity contribution is 7.07. The molecule has 0 saturated carbocycles. The third-order valence-corrected chi connectivity index (χ3v) is 2.71. The minimum atomic E-state index is -0.545. The number of aromatic nitrogens is 2. The van der Waals surface area contributed by atoms with Crippen LogP contribution < -0.4 is 5.73 Å². The summed E-state index contributed by atoms with van der Waals surface area (Å²) in [5.41, 5.74) is 6.50. The van der Waals surface area contributed by atoms with Crippen LogP contribution in [0.5, 0.6) is 0 Å². The molecule has 0 spiro atoms. The number of nitrogens with zero attached hydrogens (tertiary/aromatic N) is 2. The Morgan fingerprint density at radius 3 is 2.87 bits per heavy atom. The van der Waals surface area contributed by atoms with Gasteiger partial charge in [-0.15, -0.1) is 0 Å². The van der Waals surface area contributed by atoms with Gasteiger partial charge in [-0.25, -0.2) is 0 Å². The van der Waals surface area contributed by atoms with Gasteiger partial charge < -0.3 is 10.3 Å². The first-order valence-electron chi connectivity index (χ1n) is 4.69. The molecule has 0 aromatic carbocycles. The van der Waals surface area contributed by atoms with E-state index in [1.165, 1.54) is 5.56 Å². The summed E-state index contributed by atoms with van der Waals surface area (Å²) in [6, 6.07) is 2.04. The largest absolute Gasteiger partial charge is 0.339 e. The molecule has 2 aromatic rings. The summed E-state index contributed by atoms with van der Waals surface area (Å²) < 4.78 is 5.13. The van der Waals surface area contributed by atoms with Gasteiger partial charge in [0.2, 0.25) is 5.89 Å². The maximum absolute atomic E-state index is 5.86. The van der Waals surface area contributed by atoms with Crippen LogP contribution in [-0.4, -0.2) is 10.1 Å². The summed E-state index contributed by atoms with van der Waals surface area (Å²) in [5, 5.41) is 7.95. The van der Waals surface area contributed by atoms with Gasteiger partial charge in [-0.3, -0.25) is 0 Å². The van der Waals surface area contributed by atoms with E-state index in [1.807, 2.05) is 25.3 Å². The molecule has 0 bridgehead atoms. The molecule has 2 rings (SSSR count). The van der Waals surface area contributed by atoms with Crippen molar-refractivity contribution >= 4 is 11.3 Å². The predicted octanol–water partition coefficient (Wildman–Crippen LogP) is 1.92. The van der Waals surface area contributed by atoms with Gasteiger partial charge in [-0.1, -0.05) is 5.16 Å². The zero-order valence-electron chi connectivity index (χ0n) is 8.73. The van der Waals surface area contributed by atoms with E-state index in [0.717, 1.165) is 0 Å². The van der Waals surface area contributed by atoms with Crippen LogP contribution in [0.25, 0.3) is 0 Å². The summed E-state index contributed by atoms with van der Waals surface area (Å²) in [7, 11) is 0. The number of hydrogen-bond donors (Lipinski definition) is 1.